The van der Waals surface area contributed by atoms with Crippen LogP contribution in [-0.4, -0.2) is 15.7 Å². The number of alkyl halides is 3. The monoisotopic (exact) mass is 264 g/mol. The molecule has 0 aliphatic heterocycles. The van der Waals surface area contributed by atoms with Crippen LogP contribution < -0.4 is 5.56 Å². The fraction of sp³-hybridized carbons (Fsp3) is 0.600. The first-order chi connectivity index (χ1) is 7.86. The molecule has 1 aromatic rings. The molecule has 0 bridgehead atoms. The highest BCUT2D eigenvalue weighted by atomic mass is 32.2. The fourth-order valence-electron chi connectivity index (χ4n) is 1.47. The van der Waals surface area contributed by atoms with Crippen molar-refractivity contribution < 1.29 is 13.2 Å². The molecule has 0 radical (unpaired) electrons. The fourth-order valence-corrected chi connectivity index (χ4v) is 2.64. The van der Waals surface area contributed by atoms with Crippen molar-refractivity contribution >= 4 is 11.8 Å². The maximum Gasteiger partial charge on any atom is 0.433 e. The first kappa shape index (κ1) is 12.5. The van der Waals surface area contributed by atoms with Gasteiger partial charge in [-0.2, -0.15) is 13.2 Å². The first-order valence-electron chi connectivity index (χ1n) is 5.17. The van der Waals surface area contributed by atoms with Gasteiger partial charge in [0.1, 0.15) is 0 Å². The van der Waals surface area contributed by atoms with Crippen LogP contribution in [0.3, 0.4) is 0 Å². The van der Waals surface area contributed by atoms with Gasteiger partial charge in [0, 0.05) is 11.8 Å². The van der Waals surface area contributed by atoms with E-state index in [4.69, 9.17) is 0 Å². The summed E-state index contributed by atoms with van der Waals surface area (Å²) in [5, 5.41) is 0.0453. The number of hydrogen-bond acceptors (Lipinski definition) is 3. The molecule has 0 aromatic carbocycles. The molecule has 0 amide bonds. The van der Waals surface area contributed by atoms with Gasteiger partial charge in [0.15, 0.2) is 10.9 Å². The SMILES string of the molecule is C[C@@H]1C[C@H]1CSc1nc(C(F)(F)F)cc(=O)[nH]1. The Morgan fingerprint density at radius 1 is 1.59 bits per heavy atom. The van der Waals surface area contributed by atoms with Crippen LogP contribution in [0.4, 0.5) is 13.2 Å². The van der Waals surface area contributed by atoms with Crippen LogP contribution in [0.25, 0.3) is 0 Å². The number of aromatic amines is 1. The summed E-state index contributed by atoms with van der Waals surface area (Å²) in [5.41, 5.74) is -1.90. The van der Waals surface area contributed by atoms with Crippen molar-refractivity contribution in [2.75, 3.05) is 5.75 Å². The zero-order chi connectivity index (χ0) is 12.6. The lowest BCUT2D eigenvalue weighted by Gasteiger charge is -2.06. The van der Waals surface area contributed by atoms with Gasteiger partial charge in [-0.05, 0) is 18.3 Å². The highest BCUT2D eigenvalue weighted by Gasteiger charge is 2.34. The third kappa shape index (κ3) is 3.24. The summed E-state index contributed by atoms with van der Waals surface area (Å²) in [6, 6.07) is 0.476. The van der Waals surface area contributed by atoms with Crippen molar-refractivity contribution in [3.05, 3.63) is 22.1 Å². The average Bonchev–Trinajstić information content (AvgIpc) is 2.90. The highest BCUT2D eigenvalue weighted by Crippen LogP contribution is 2.41. The van der Waals surface area contributed by atoms with Crippen LogP contribution >= 0.6 is 11.8 Å². The lowest BCUT2D eigenvalue weighted by molar-refractivity contribution is -0.141. The third-order valence-corrected chi connectivity index (χ3v) is 3.78. The van der Waals surface area contributed by atoms with Gasteiger partial charge in [-0.25, -0.2) is 4.98 Å². The van der Waals surface area contributed by atoms with E-state index in [2.05, 4.69) is 16.9 Å². The number of nitrogens with zero attached hydrogens (tertiary/aromatic N) is 1. The van der Waals surface area contributed by atoms with Gasteiger partial charge in [-0.3, -0.25) is 4.79 Å². The van der Waals surface area contributed by atoms with E-state index < -0.39 is 17.4 Å². The minimum Gasteiger partial charge on any atom is -0.301 e. The standard InChI is InChI=1S/C10H11F3N2OS/c1-5-2-6(5)4-17-9-14-7(10(11,12)13)3-8(16)15-9/h3,5-6H,2,4H2,1H3,(H,14,15,16)/t5-,6+/m1/s1. The Balaban J connectivity index is 2.11. The van der Waals surface area contributed by atoms with Crippen molar-refractivity contribution in [2.24, 2.45) is 11.8 Å². The van der Waals surface area contributed by atoms with E-state index in [1.807, 2.05) is 0 Å². The molecule has 1 saturated carbocycles. The van der Waals surface area contributed by atoms with E-state index in [0.717, 1.165) is 6.42 Å². The lowest BCUT2D eigenvalue weighted by Crippen LogP contribution is -2.16. The van der Waals surface area contributed by atoms with E-state index in [1.54, 1.807) is 0 Å². The molecule has 0 spiro atoms. The smallest absolute Gasteiger partial charge is 0.301 e. The molecule has 94 valence electrons. The van der Waals surface area contributed by atoms with Crippen LogP contribution in [0.1, 0.15) is 19.0 Å². The van der Waals surface area contributed by atoms with Gasteiger partial charge >= 0.3 is 6.18 Å². The predicted octanol–water partition coefficient (Wildman–Crippen LogP) is 2.54. The second kappa shape index (κ2) is 4.36. The van der Waals surface area contributed by atoms with Crippen LogP contribution in [-0.2, 0) is 6.18 Å². The van der Waals surface area contributed by atoms with Crippen LogP contribution in [0.5, 0.6) is 0 Å². The summed E-state index contributed by atoms with van der Waals surface area (Å²) in [7, 11) is 0. The molecule has 2 atom stereocenters. The van der Waals surface area contributed by atoms with Crippen molar-refractivity contribution in [1.29, 1.82) is 0 Å². The molecule has 0 saturated heterocycles. The molecule has 3 nitrogen and oxygen atoms in total. The highest BCUT2D eigenvalue weighted by molar-refractivity contribution is 7.99. The van der Waals surface area contributed by atoms with Gasteiger partial charge in [0.25, 0.3) is 5.56 Å². The molecular weight excluding hydrogens is 253 g/mol. The summed E-state index contributed by atoms with van der Waals surface area (Å²) in [4.78, 5) is 16.8. The molecule has 1 aliphatic carbocycles. The van der Waals surface area contributed by atoms with Gasteiger partial charge in [-0.1, -0.05) is 18.7 Å². The number of rotatable bonds is 3. The molecule has 1 fully saturated rings. The van der Waals surface area contributed by atoms with Crippen molar-refractivity contribution in [2.45, 2.75) is 24.7 Å². The Morgan fingerprint density at radius 3 is 2.76 bits per heavy atom. The molecule has 17 heavy (non-hydrogen) atoms. The molecule has 2 rings (SSSR count). The van der Waals surface area contributed by atoms with Crippen molar-refractivity contribution in [1.82, 2.24) is 9.97 Å². The number of hydrogen-bond donors (Lipinski definition) is 1. The predicted molar refractivity (Wildman–Crippen MR) is 57.9 cm³/mol. The maximum atomic E-state index is 12.4. The van der Waals surface area contributed by atoms with Gasteiger partial charge in [-0.15, -0.1) is 0 Å². The number of H-pyrrole nitrogens is 1. The number of aromatic nitrogens is 2. The molecule has 7 heteroatoms. The van der Waals surface area contributed by atoms with Crippen molar-refractivity contribution in [3.63, 3.8) is 0 Å². The Morgan fingerprint density at radius 2 is 2.24 bits per heavy atom. The van der Waals surface area contributed by atoms with E-state index in [-0.39, 0.29) is 5.16 Å². The summed E-state index contributed by atoms with van der Waals surface area (Å²) >= 11 is 1.17. The Kier molecular flexibility index (Phi) is 3.20. The molecule has 0 unspecified atom stereocenters. The minimum absolute atomic E-state index is 0.0453. The van der Waals surface area contributed by atoms with Crippen LogP contribution in [0.15, 0.2) is 16.0 Å². The number of halogens is 3. The Labute approximate surface area is 99.8 Å². The summed E-state index contributed by atoms with van der Waals surface area (Å²) in [5.74, 6) is 1.85. The van der Waals surface area contributed by atoms with Gasteiger partial charge in [0.05, 0.1) is 0 Å². The van der Waals surface area contributed by atoms with E-state index in [0.29, 0.717) is 23.7 Å². The second-order valence-electron chi connectivity index (χ2n) is 4.22. The quantitative estimate of drug-likeness (QED) is 0.674. The maximum absolute atomic E-state index is 12.4. The van der Waals surface area contributed by atoms with Gasteiger partial charge < -0.3 is 4.98 Å². The van der Waals surface area contributed by atoms with Crippen LogP contribution in [0, 0.1) is 11.8 Å². The summed E-state index contributed by atoms with van der Waals surface area (Å²) < 4.78 is 37.2. The lowest BCUT2D eigenvalue weighted by atomic mass is 10.4. The van der Waals surface area contributed by atoms with Gasteiger partial charge in [0.2, 0.25) is 0 Å². The third-order valence-electron chi connectivity index (χ3n) is 2.72. The molecule has 1 aliphatic rings. The Bertz CT molecular complexity index is 471. The Hall–Kier alpha value is -0.980. The van der Waals surface area contributed by atoms with E-state index >= 15 is 0 Å². The topological polar surface area (TPSA) is 45.8 Å². The second-order valence-corrected chi connectivity index (χ2v) is 5.23. The van der Waals surface area contributed by atoms with Crippen molar-refractivity contribution in [3.8, 4) is 0 Å². The first-order valence-corrected chi connectivity index (χ1v) is 6.16. The van der Waals surface area contributed by atoms with E-state index in [9.17, 15) is 18.0 Å². The molecule has 1 N–H and O–H groups in total. The normalized spacial score (nSPS) is 23.8. The molecule has 1 heterocycles. The summed E-state index contributed by atoms with van der Waals surface area (Å²) in [6.45, 7) is 2.09. The largest absolute Gasteiger partial charge is 0.433 e. The molecule has 1 aromatic heterocycles. The zero-order valence-electron chi connectivity index (χ0n) is 9.04. The number of nitrogens with one attached hydrogen (secondary N) is 1. The molecular formula is C10H11F3N2OS. The minimum atomic E-state index is -4.57. The zero-order valence-corrected chi connectivity index (χ0v) is 9.86. The van der Waals surface area contributed by atoms with E-state index in [1.165, 1.54) is 11.8 Å². The number of thioether (sulfide) groups is 1. The summed E-state index contributed by atoms with van der Waals surface area (Å²) in [6.07, 6.45) is -3.48. The van der Waals surface area contributed by atoms with Crippen LogP contribution in [0.2, 0.25) is 0 Å². The average molecular weight is 264 g/mol.